The smallest absolute Gasteiger partial charge is 0.193 e. The van der Waals surface area contributed by atoms with Gasteiger partial charge in [0.05, 0.1) is 0 Å². The molecule has 5 nitrogen and oxygen atoms in total. The minimum Gasteiger partial charge on any atom is -0.381 e. The van der Waals surface area contributed by atoms with Crippen LogP contribution in [-0.2, 0) is 16.0 Å². The summed E-state index contributed by atoms with van der Waals surface area (Å²) in [4.78, 5) is 6.82. The van der Waals surface area contributed by atoms with E-state index >= 15 is 0 Å². The summed E-state index contributed by atoms with van der Waals surface area (Å²) in [6, 6.07) is 7.93. The summed E-state index contributed by atoms with van der Waals surface area (Å²) in [5.41, 5.74) is 1.10. The van der Waals surface area contributed by atoms with E-state index in [1.165, 1.54) is 0 Å². The van der Waals surface area contributed by atoms with Crippen molar-refractivity contribution in [3.8, 4) is 0 Å². The minimum atomic E-state index is 0. The van der Waals surface area contributed by atoms with Crippen LogP contribution in [0.5, 0.6) is 0 Å². The van der Waals surface area contributed by atoms with Crippen molar-refractivity contribution in [2.24, 2.45) is 10.9 Å². The highest BCUT2D eigenvalue weighted by molar-refractivity contribution is 14.0. The molecule has 2 rings (SSSR count). The zero-order valence-electron chi connectivity index (χ0n) is 16.5. The molecule has 0 unspecified atom stereocenters. The first-order valence-corrected chi connectivity index (χ1v) is 9.96. The number of ether oxygens (including phenoxy) is 2. The van der Waals surface area contributed by atoms with Gasteiger partial charge in [0.15, 0.2) is 5.96 Å². The summed E-state index contributed by atoms with van der Waals surface area (Å²) < 4.78 is 11.2. The molecule has 0 spiro atoms. The van der Waals surface area contributed by atoms with Crippen molar-refractivity contribution >= 4 is 41.5 Å². The Bertz CT molecular complexity index is 554. The fourth-order valence-electron chi connectivity index (χ4n) is 2.94. The second kappa shape index (κ2) is 14.4. The average molecular weight is 510 g/mol. The summed E-state index contributed by atoms with van der Waals surface area (Å²) in [7, 11) is 2.03. The zero-order chi connectivity index (χ0) is 18.6. The van der Waals surface area contributed by atoms with E-state index < -0.39 is 0 Å². The number of guanidine groups is 1. The van der Waals surface area contributed by atoms with Gasteiger partial charge >= 0.3 is 0 Å². The van der Waals surface area contributed by atoms with Gasteiger partial charge in [-0.3, -0.25) is 4.99 Å². The number of hydrogen-bond acceptors (Lipinski definition) is 3. The molecule has 0 amide bonds. The molecule has 154 valence electrons. The van der Waals surface area contributed by atoms with Crippen LogP contribution in [0.15, 0.2) is 29.3 Å². The predicted octanol–water partition coefficient (Wildman–Crippen LogP) is 4.19. The molecular formula is C20H33ClIN3O2. The standard InChI is InChI=1S/C20H32ClN3O2.HI/c1-3-22-20(24(2)15-18-7-4-5-8-19(18)21)23-11-6-12-26-16-17-9-13-25-14-10-17;/h4-5,7-8,17H,3,6,9-16H2,1-2H3,(H,22,23);1H. The molecule has 1 N–H and O–H groups in total. The van der Waals surface area contributed by atoms with E-state index in [2.05, 4.69) is 17.1 Å². The number of nitrogens with one attached hydrogen (secondary N) is 1. The van der Waals surface area contributed by atoms with Gasteiger partial charge in [-0.1, -0.05) is 29.8 Å². The Kier molecular flexibility index (Phi) is 13.1. The van der Waals surface area contributed by atoms with Crippen LogP contribution in [0.1, 0.15) is 31.7 Å². The highest BCUT2D eigenvalue weighted by atomic mass is 127. The van der Waals surface area contributed by atoms with Crippen LogP contribution < -0.4 is 5.32 Å². The Morgan fingerprint density at radius 2 is 2.07 bits per heavy atom. The van der Waals surface area contributed by atoms with E-state index in [0.29, 0.717) is 5.92 Å². The van der Waals surface area contributed by atoms with Crippen molar-refractivity contribution in [3.05, 3.63) is 34.9 Å². The number of benzene rings is 1. The number of hydrogen-bond donors (Lipinski definition) is 1. The van der Waals surface area contributed by atoms with Gasteiger partial charge in [0, 0.05) is 58.1 Å². The van der Waals surface area contributed by atoms with Gasteiger partial charge < -0.3 is 19.7 Å². The summed E-state index contributed by atoms with van der Waals surface area (Å²) in [5, 5.41) is 4.13. The molecule has 0 atom stereocenters. The molecular weight excluding hydrogens is 477 g/mol. The average Bonchev–Trinajstić information content (AvgIpc) is 2.66. The third-order valence-electron chi connectivity index (χ3n) is 4.46. The summed E-state index contributed by atoms with van der Waals surface area (Å²) in [6.45, 7) is 7.76. The van der Waals surface area contributed by atoms with Crippen LogP contribution in [0.2, 0.25) is 5.02 Å². The monoisotopic (exact) mass is 509 g/mol. The predicted molar refractivity (Wildman–Crippen MR) is 123 cm³/mol. The van der Waals surface area contributed by atoms with Gasteiger partial charge in [-0.05, 0) is 43.7 Å². The van der Waals surface area contributed by atoms with Gasteiger partial charge in [0.2, 0.25) is 0 Å². The molecule has 1 aromatic rings. The molecule has 1 aliphatic rings. The van der Waals surface area contributed by atoms with Crippen molar-refractivity contribution in [2.45, 2.75) is 32.7 Å². The lowest BCUT2D eigenvalue weighted by molar-refractivity contribution is 0.0205. The Morgan fingerprint density at radius 3 is 2.78 bits per heavy atom. The first kappa shape index (κ1) is 24.5. The van der Waals surface area contributed by atoms with Crippen LogP contribution in [0.3, 0.4) is 0 Å². The maximum absolute atomic E-state index is 6.26. The quantitative estimate of drug-likeness (QED) is 0.235. The fourth-order valence-corrected chi connectivity index (χ4v) is 3.14. The number of aliphatic imine (C=N–C) groups is 1. The first-order chi connectivity index (χ1) is 12.7. The maximum Gasteiger partial charge on any atom is 0.193 e. The van der Waals surface area contributed by atoms with E-state index in [1.807, 2.05) is 31.3 Å². The normalized spacial score (nSPS) is 15.3. The Labute approximate surface area is 185 Å². The largest absolute Gasteiger partial charge is 0.381 e. The minimum absolute atomic E-state index is 0. The molecule has 0 saturated carbocycles. The van der Waals surface area contributed by atoms with Gasteiger partial charge in [-0.15, -0.1) is 24.0 Å². The van der Waals surface area contributed by atoms with E-state index in [1.54, 1.807) is 0 Å². The van der Waals surface area contributed by atoms with Crippen LogP contribution in [0.25, 0.3) is 0 Å². The third kappa shape index (κ3) is 9.45. The van der Waals surface area contributed by atoms with Crippen LogP contribution >= 0.6 is 35.6 Å². The summed E-state index contributed by atoms with van der Waals surface area (Å²) in [5.74, 6) is 1.56. The number of halogens is 2. The lowest BCUT2D eigenvalue weighted by atomic mass is 10.0. The first-order valence-electron chi connectivity index (χ1n) is 9.59. The topological polar surface area (TPSA) is 46.1 Å². The second-order valence-corrected chi connectivity index (χ2v) is 7.07. The van der Waals surface area contributed by atoms with E-state index in [-0.39, 0.29) is 24.0 Å². The number of nitrogens with zero attached hydrogens (tertiary/aromatic N) is 2. The van der Waals surface area contributed by atoms with Gasteiger partial charge in [-0.25, -0.2) is 0 Å². The Hall–Kier alpha value is -0.570. The Balaban J connectivity index is 0.00000364. The molecule has 1 heterocycles. The molecule has 27 heavy (non-hydrogen) atoms. The summed E-state index contributed by atoms with van der Waals surface area (Å²) >= 11 is 6.26. The Morgan fingerprint density at radius 1 is 1.33 bits per heavy atom. The van der Waals surface area contributed by atoms with E-state index in [4.69, 9.17) is 26.1 Å². The van der Waals surface area contributed by atoms with Crippen molar-refractivity contribution in [1.29, 1.82) is 0 Å². The van der Waals surface area contributed by atoms with Crippen LogP contribution in [0, 0.1) is 5.92 Å². The molecule has 0 radical (unpaired) electrons. The molecule has 1 aromatic carbocycles. The van der Waals surface area contributed by atoms with Gasteiger partial charge in [0.1, 0.15) is 0 Å². The number of rotatable bonds is 9. The van der Waals surface area contributed by atoms with Crippen LogP contribution in [-0.4, -0.2) is 57.4 Å². The fraction of sp³-hybridized carbons (Fsp3) is 0.650. The molecule has 1 aliphatic heterocycles. The highest BCUT2D eigenvalue weighted by Gasteiger charge is 2.13. The van der Waals surface area contributed by atoms with Gasteiger partial charge in [-0.2, -0.15) is 0 Å². The van der Waals surface area contributed by atoms with Crippen molar-refractivity contribution < 1.29 is 9.47 Å². The molecule has 0 aromatic heterocycles. The SMILES string of the molecule is CCNC(=NCCCOCC1CCOCC1)N(C)Cc1ccccc1Cl.I. The molecule has 0 aliphatic carbocycles. The maximum atomic E-state index is 6.26. The third-order valence-corrected chi connectivity index (χ3v) is 4.83. The van der Waals surface area contributed by atoms with Crippen molar-refractivity contribution in [2.75, 3.05) is 46.6 Å². The molecule has 7 heteroatoms. The molecule has 0 bridgehead atoms. The van der Waals surface area contributed by atoms with E-state index in [9.17, 15) is 0 Å². The van der Waals surface area contributed by atoms with Crippen molar-refractivity contribution in [3.63, 3.8) is 0 Å². The lowest BCUT2D eigenvalue weighted by Crippen LogP contribution is -2.38. The zero-order valence-corrected chi connectivity index (χ0v) is 19.5. The summed E-state index contributed by atoms with van der Waals surface area (Å²) in [6.07, 6.45) is 3.17. The van der Waals surface area contributed by atoms with Crippen molar-refractivity contribution in [1.82, 2.24) is 10.2 Å². The van der Waals surface area contributed by atoms with Gasteiger partial charge in [0.25, 0.3) is 0 Å². The molecule has 1 fully saturated rings. The van der Waals surface area contributed by atoms with E-state index in [0.717, 1.165) is 81.9 Å². The second-order valence-electron chi connectivity index (χ2n) is 6.67. The molecule has 1 saturated heterocycles. The lowest BCUT2D eigenvalue weighted by Gasteiger charge is -2.23. The van der Waals surface area contributed by atoms with Crippen LogP contribution in [0.4, 0.5) is 0 Å². The highest BCUT2D eigenvalue weighted by Crippen LogP contribution is 2.16.